The Kier molecular flexibility index (Phi) is 20.1. The van der Waals surface area contributed by atoms with Gasteiger partial charge in [0.15, 0.2) is 0 Å². The molecule has 372 valence electrons. The van der Waals surface area contributed by atoms with E-state index in [-0.39, 0.29) is 82.4 Å². The van der Waals surface area contributed by atoms with Gasteiger partial charge >= 0.3 is 23.8 Å². The van der Waals surface area contributed by atoms with E-state index in [9.17, 15) is 28.8 Å². The second-order valence-electron chi connectivity index (χ2n) is 17.0. The summed E-state index contributed by atoms with van der Waals surface area (Å²) in [5.74, 6) is -0.525. The van der Waals surface area contributed by atoms with Crippen LogP contribution in [0.25, 0.3) is 0 Å². The van der Waals surface area contributed by atoms with Crippen molar-refractivity contribution in [3.63, 3.8) is 0 Å². The van der Waals surface area contributed by atoms with Gasteiger partial charge in [-0.25, -0.2) is 19.2 Å². The summed E-state index contributed by atoms with van der Waals surface area (Å²) >= 11 is 0. The van der Waals surface area contributed by atoms with Crippen LogP contribution in [0.5, 0.6) is 5.75 Å². The Bertz CT molecular complexity index is 2390. The molecule has 0 unspecified atom stereocenters. The van der Waals surface area contributed by atoms with Crippen LogP contribution in [0.1, 0.15) is 16.7 Å². The fourth-order valence-corrected chi connectivity index (χ4v) is 7.67. The third kappa shape index (κ3) is 16.7. The number of methoxy groups -OCH3 is 1. The second-order valence-corrected chi connectivity index (χ2v) is 17.0. The van der Waals surface area contributed by atoms with Crippen LogP contribution in [0.4, 0.5) is 9.59 Å². The minimum atomic E-state index is -1.19. The van der Waals surface area contributed by atoms with Crippen LogP contribution >= 0.6 is 0 Å². The van der Waals surface area contributed by atoms with Crippen molar-refractivity contribution >= 4 is 24.0 Å². The molecule has 1 aromatic heterocycles. The number of rotatable bonds is 28. The Balaban J connectivity index is 1.06. The molecule has 3 aliphatic rings. The first-order valence-electron chi connectivity index (χ1n) is 23.2. The van der Waals surface area contributed by atoms with E-state index in [1.54, 1.807) is 36.4 Å². The quantitative estimate of drug-likeness (QED) is 0.0599. The minimum Gasteiger partial charge on any atom is -0.492 e. The molecule has 0 saturated heterocycles. The van der Waals surface area contributed by atoms with Gasteiger partial charge in [0.2, 0.25) is 5.91 Å². The van der Waals surface area contributed by atoms with E-state index in [4.69, 9.17) is 28.4 Å². The summed E-state index contributed by atoms with van der Waals surface area (Å²) in [4.78, 5) is 81.5. The van der Waals surface area contributed by atoms with E-state index >= 15 is 0 Å². The Morgan fingerprint density at radius 1 is 0.743 bits per heavy atom. The summed E-state index contributed by atoms with van der Waals surface area (Å²) in [5, 5.41) is 8.59. The second kappa shape index (κ2) is 27.0. The number of aryl methyl sites for hydroxylation is 1. The number of H-pyrrole nitrogens is 1. The normalized spacial score (nSPS) is 14.5. The van der Waals surface area contributed by atoms with Crippen LogP contribution in [0, 0.1) is 24.7 Å². The Labute approximate surface area is 406 Å². The van der Waals surface area contributed by atoms with E-state index in [2.05, 4.69) is 57.4 Å². The summed E-state index contributed by atoms with van der Waals surface area (Å²) in [6.45, 7) is 2.71. The number of amides is 4. The van der Waals surface area contributed by atoms with Crippen molar-refractivity contribution in [3.05, 3.63) is 171 Å². The molecule has 18 nitrogen and oxygen atoms in total. The molecule has 3 aromatic rings. The Morgan fingerprint density at radius 2 is 1.31 bits per heavy atom. The van der Waals surface area contributed by atoms with Crippen molar-refractivity contribution in [2.24, 2.45) is 17.8 Å². The number of carbonyl (C=O) groups is 4. The molecule has 1 atom stereocenters. The molecule has 70 heavy (non-hydrogen) atoms. The van der Waals surface area contributed by atoms with Crippen LogP contribution in [0.15, 0.2) is 143 Å². The molecule has 18 heteroatoms. The van der Waals surface area contributed by atoms with E-state index in [0.717, 1.165) is 10.1 Å². The number of carbonyl (C=O) groups excluding carboxylic acids is 4. The molecule has 0 bridgehead atoms. The largest absolute Gasteiger partial charge is 0.492 e. The number of ether oxygens (including phenoxy) is 6. The van der Waals surface area contributed by atoms with Crippen molar-refractivity contribution in [2.45, 2.75) is 38.1 Å². The van der Waals surface area contributed by atoms with Crippen molar-refractivity contribution in [1.82, 2.24) is 30.4 Å². The molecule has 0 spiro atoms. The lowest BCUT2D eigenvalue weighted by molar-refractivity contribution is -0.153. The molecule has 4 amide bonds. The molecule has 1 heterocycles. The van der Waals surface area contributed by atoms with Crippen molar-refractivity contribution in [1.29, 1.82) is 0 Å². The summed E-state index contributed by atoms with van der Waals surface area (Å²) in [5.41, 5.74) is -0.790. The van der Waals surface area contributed by atoms with Crippen molar-refractivity contribution in [2.75, 3.05) is 73.0 Å². The van der Waals surface area contributed by atoms with Crippen molar-refractivity contribution < 1.29 is 47.6 Å². The number of allylic oxidation sites excluding steroid dienone is 6. The van der Waals surface area contributed by atoms with Crippen LogP contribution in [-0.4, -0.2) is 123 Å². The first-order chi connectivity index (χ1) is 34.0. The van der Waals surface area contributed by atoms with E-state index in [1.165, 1.54) is 25.1 Å². The summed E-state index contributed by atoms with van der Waals surface area (Å²) in [6, 6.07) is 14.3. The molecule has 6 rings (SSSR count). The monoisotopic (exact) mass is 962 g/mol. The third-order valence-electron chi connectivity index (χ3n) is 11.4. The Morgan fingerprint density at radius 3 is 1.87 bits per heavy atom. The highest BCUT2D eigenvalue weighted by atomic mass is 16.5. The van der Waals surface area contributed by atoms with Gasteiger partial charge in [0, 0.05) is 49.0 Å². The number of nitrogens with one attached hydrogen (secondary N) is 4. The van der Waals surface area contributed by atoms with Crippen LogP contribution in [-0.2, 0) is 52.8 Å². The molecule has 4 N–H and O–H groups in total. The molecular formula is C52H62N6O12. The lowest BCUT2D eigenvalue weighted by Crippen LogP contribution is -2.61. The lowest BCUT2D eigenvalue weighted by atomic mass is 10.0. The van der Waals surface area contributed by atoms with E-state index in [1.807, 2.05) is 54.7 Å². The molecule has 2 aromatic carbocycles. The van der Waals surface area contributed by atoms with Crippen LogP contribution in [0.3, 0.4) is 0 Å². The third-order valence-corrected chi connectivity index (χ3v) is 11.4. The molecular weight excluding hydrogens is 901 g/mol. The van der Waals surface area contributed by atoms with Gasteiger partial charge in [0.25, 0.3) is 5.56 Å². The fourth-order valence-electron chi connectivity index (χ4n) is 7.67. The lowest BCUT2D eigenvalue weighted by Gasteiger charge is -2.35. The molecule has 0 saturated carbocycles. The zero-order chi connectivity index (χ0) is 49.6. The van der Waals surface area contributed by atoms with Gasteiger partial charge in [-0.3, -0.25) is 19.1 Å². The van der Waals surface area contributed by atoms with Gasteiger partial charge in [0.1, 0.15) is 37.1 Å². The van der Waals surface area contributed by atoms with Gasteiger partial charge in [-0.1, -0.05) is 115 Å². The molecule has 0 fully saturated rings. The smallest absolute Gasteiger partial charge is 0.407 e. The highest BCUT2D eigenvalue weighted by Crippen LogP contribution is 2.19. The van der Waals surface area contributed by atoms with Crippen LogP contribution < -0.4 is 31.9 Å². The van der Waals surface area contributed by atoms with Gasteiger partial charge in [-0.2, -0.15) is 0 Å². The maximum Gasteiger partial charge on any atom is 0.407 e. The maximum absolute atomic E-state index is 13.9. The SMILES string of the molecule is COC(=O)[C@H](Cc1ccc(OCCNC(=O)NC(COCC2C=CC=C2)(COCC2C=CC=C2)COCC2C=CC=C2)cc1)N(CCNC(=O)OCc1ccccc1)C(=O)Cn1cc(C)c(=O)[nH]c1=O. The number of hydrogen-bond donors (Lipinski definition) is 4. The minimum absolute atomic E-state index is 0.00646. The fraction of sp³-hybridized carbons (Fsp3) is 0.385. The van der Waals surface area contributed by atoms with E-state index < -0.39 is 53.4 Å². The topological polar surface area (TPSA) is 218 Å². The predicted molar refractivity (Wildman–Crippen MR) is 261 cm³/mol. The van der Waals surface area contributed by atoms with Gasteiger partial charge in [-0.05, 0) is 30.2 Å². The average molecular weight is 963 g/mol. The van der Waals surface area contributed by atoms with Gasteiger partial charge in [0.05, 0.1) is 53.3 Å². The number of esters is 1. The predicted octanol–water partition coefficient (Wildman–Crippen LogP) is 4.08. The van der Waals surface area contributed by atoms with Gasteiger partial charge < -0.3 is 49.3 Å². The number of nitrogens with zero attached hydrogens (tertiary/aromatic N) is 2. The number of hydrogen-bond acceptors (Lipinski definition) is 12. The molecule has 0 aliphatic heterocycles. The van der Waals surface area contributed by atoms with Crippen LogP contribution in [0.2, 0.25) is 0 Å². The first kappa shape index (κ1) is 52.1. The average Bonchev–Trinajstić information content (AvgIpc) is 4.19. The highest BCUT2D eigenvalue weighted by Gasteiger charge is 2.35. The summed E-state index contributed by atoms with van der Waals surface area (Å²) < 4.78 is 36.0. The van der Waals surface area contributed by atoms with Gasteiger partial charge in [-0.15, -0.1) is 0 Å². The number of alkyl carbamates (subject to hydrolysis) is 1. The number of urea groups is 1. The van der Waals surface area contributed by atoms with E-state index in [0.29, 0.717) is 31.1 Å². The zero-order valence-electron chi connectivity index (χ0n) is 39.5. The summed E-state index contributed by atoms with van der Waals surface area (Å²) in [7, 11) is 1.19. The number of aromatic nitrogens is 2. The molecule has 3 aliphatic carbocycles. The zero-order valence-corrected chi connectivity index (χ0v) is 39.5. The first-order valence-corrected chi connectivity index (χ1v) is 23.2. The van der Waals surface area contributed by atoms with Crippen molar-refractivity contribution in [3.8, 4) is 5.75 Å². The molecule has 0 radical (unpaired) electrons. The number of benzene rings is 2. The highest BCUT2D eigenvalue weighted by molar-refractivity contribution is 5.85. The maximum atomic E-state index is 13.9. The number of aromatic amines is 1. The Hall–Kier alpha value is -7.28. The summed E-state index contributed by atoms with van der Waals surface area (Å²) in [6.07, 6.45) is 24.7. The standard InChI is InChI=1S/C52H62N6O12/c1-38-29-57(50(63)55-47(38)60)30-46(59)58(26-24-54-51(64)70-34-43-12-4-3-5-13-43)45(48(61)65-2)28-39-20-22-44(23-21-39)69-27-25-53-49(62)56-52(35-66-31-40-14-6-7-15-40,36-67-32-41-16-8-9-17-41)37-68-33-42-18-10-11-19-42/h3-23,29,40-42,45H,24-28,30-37H2,1-2H3,(H,54,64)(H2,53,56,62)(H,55,60,63)/t45-/m0/s1.